The highest BCUT2D eigenvalue weighted by Gasteiger charge is 2.30. The summed E-state index contributed by atoms with van der Waals surface area (Å²) in [5, 5.41) is 14.9. The molecule has 3 atom stereocenters. The predicted octanol–water partition coefficient (Wildman–Crippen LogP) is 1.80. The number of pyridine rings is 1. The Morgan fingerprint density at radius 3 is 2.93 bits per heavy atom. The molecule has 1 saturated heterocycles. The van der Waals surface area contributed by atoms with Crippen LogP contribution in [0.1, 0.15) is 42.2 Å². The van der Waals surface area contributed by atoms with Crippen molar-refractivity contribution in [1.29, 1.82) is 10.8 Å². The van der Waals surface area contributed by atoms with Crippen LogP contribution in [0.4, 0.5) is 5.82 Å². The number of hydrogen-bond acceptors (Lipinski definition) is 8. The zero-order chi connectivity index (χ0) is 20.3. The van der Waals surface area contributed by atoms with Gasteiger partial charge in [-0.05, 0) is 36.9 Å². The molecule has 0 saturated carbocycles. The maximum Gasteiger partial charge on any atom is 0.129 e. The summed E-state index contributed by atoms with van der Waals surface area (Å²) in [6.07, 6.45) is 8.53. The summed E-state index contributed by atoms with van der Waals surface area (Å²) in [6.45, 7) is 4.18. The van der Waals surface area contributed by atoms with E-state index in [-0.39, 0.29) is 18.1 Å². The fourth-order valence-corrected chi connectivity index (χ4v) is 3.80. The second-order valence-corrected chi connectivity index (χ2v) is 7.25. The van der Waals surface area contributed by atoms with Gasteiger partial charge in [0.05, 0.1) is 24.9 Å². The molecular formula is C20H29N7O. The molecule has 8 heteroatoms. The summed E-state index contributed by atoms with van der Waals surface area (Å²) in [6, 6.07) is 1.67. The molecule has 0 aliphatic carbocycles. The Hall–Kier alpha value is -2.71. The molecule has 2 aliphatic rings. The SMILES string of the molecule is CC1COCCN1c1cc(C(N)CC=N)c2c(n1)C(/C(N)=C/C=N)N(C)C=C2. The molecule has 1 fully saturated rings. The molecule has 3 heterocycles. The second-order valence-electron chi connectivity index (χ2n) is 7.25. The Morgan fingerprint density at radius 1 is 1.46 bits per heavy atom. The van der Waals surface area contributed by atoms with Crippen LogP contribution in [0.3, 0.4) is 0 Å². The number of nitrogens with one attached hydrogen (secondary N) is 2. The lowest BCUT2D eigenvalue weighted by molar-refractivity contribution is 0.0985. The molecule has 0 spiro atoms. The van der Waals surface area contributed by atoms with Gasteiger partial charge in [0.25, 0.3) is 0 Å². The van der Waals surface area contributed by atoms with Crippen LogP contribution in [0.15, 0.2) is 24.0 Å². The average Bonchev–Trinajstić information content (AvgIpc) is 2.67. The van der Waals surface area contributed by atoms with Crippen LogP contribution < -0.4 is 16.4 Å². The number of hydrogen-bond donors (Lipinski definition) is 4. The van der Waals surface area contributed by atoms with Crippen LogP contribution in [0.25, 0.3) is 6.08 Å². The van der Waals surface area contributed by atoms with Crippen LogP contribution >= 0.6 is 0 Å². The van der Waals surface area contributed by atoms with E-state index in [2.05, 4.69) is 11.8 Å². The van der Waals surface area contributed by atoms with Crippen molar-refractivity contribution in [3.63, 3.8) is 0 Å². The minimum atomic E-state index is -0.300. The summed E-state index contributed by atoms with van der Waals surface area (Å²) < 4.78 is 5.57. The highest BCUT2D eigenvalue weighted by Crippen LogP contribution is 2.37. The number of rotatable bonds is 6. The highest BCUT2D eigenvalue weighted by atomic mass is 16.5. The van der Waals surface area contributed by atoms with E-state index in [4.69, 9.17) is 32.0 Å². The van der Waals surface area contributed by atoms with Gasteiger partial charge in [0.15, 0.2) is 0 Å². The molecule has 6 N–H and O–H groups in total. The first-order chi connectivity index (χ1) is 13.5. The van der Waals surface area contributed by atoms with Crippen molar-refractivity contribution in [2.24, 2.45) is 11.5 Å². The number of fused-ring (bicyclic) bond motifs is 1. The van der Waals surface area contributed by atoms with E-state index in [1.54, 1.807) is 6.08 Å². The number of morpholine rings is 1. The molecule has 28 heavy (non-hydrogen) atoms. The summed E-state index contributed by atoms with van der Waals surface area (Å²) in [7, 11) is 1.94. The number of nitrogens with two attached hydrogens (primary N) is 2. The molecule has 0 aromatic carbocycles. The fourth-order valence-electron chi connectivity index (χ4n) is 3.80. The van der Waals surface area contributed by atoms with Gasteiger partial charge in [-0.25, -0.2) is 4.98 Å². The van der Waals surface area contributed by atoms with Gasteiger partial charge in [0.1, 0.15) is 11.9 Å². The first kappa shape index (κ1) is 20.0. The lowest BCUT2D eigenvalue weighted by Gasteiger charge is -2.37. The predicted molar refractivity (Wildman–Crippen MR) is 113 cm³/mol. The molecule has 1 aromatic rings. The van der Waals surface area contributed by atoms with E-state index in [0.29, 0.717) is 25.3 Å². The van der Waals surface area contributed by atoms with Gasteiger partial charge in [-0.1, -0.05) is 0 Å². The molecule has 3 unspecified atom stereocenters. The third-order valence-corrected chi connectivity index (χ3v) is 5.27. The fraction of sp³-hybridized carbons (Fsp3) is 0.450. The van der Waals surface area contributed by atoms with Gasteiger partial charge in [-0.3, -0.25) is 0 Å². The quantitative estimate of drug-likeness (QED) is 0.555. The van der Waals surface area contributed by atoms with Crippen molar-refractivity contribution >= 4 is 24.3 Å². The van der Waals surface area contributed by atoms with Gasteiger partial charge >= 0.3 is 0 Å². The summed E-state index contributed by atoms with van der Waals surface area (Å²) in [4.78, 5) is 9.22. The monoisotopic (exact) mass is 383 g/mol. The van der Waals surface area contributed by atoms with Crippen molar-refractivity contribution in [2.75, 3.05) is 31.7 Å². The van der Waals surface area contributed by atoms with E-state index in [0.717, 1.165) is 29.2 Å². The van der Waals surface area contributed by atoms with Gasteiger partial charge in [0.2, 0.25) is 0 Å². The number of likely N-dealkylation sites (N-methyl/N-ethyl adjacent to an activating group) is 1. The molecule has 3 rings (SSSR count). The normalized spacial score (nSPS) is 23.3. The summed E-state index contributed by atoms with van der Waals surface area (Å²) >= 11 is 0. The first-order valence-electron chi connectivity index (χ1n) is 9.48. The average molecular weight is 384 g/mol. The molecule has 1 aromatic heterocycles. The maximum absolute atomic E-state index is 7.47. The van der Waals surface area contributed by atoms with E-state index in [1.807, 2.05) is 30.3 Å². The van der Waals surface area contributed by atoms with E-state index >= 15 is 0 Å². The molecule has 0 radical (unpaired) electrons. The van der Waals surface area contributed by atoms with Gasteiger partial charge in [-0.15, -0.1) is 0 Å². The number of anilines is 1. The van der Waals surface area contributed by atoms with E-state index in [9.17, 15) is 0 Å². The summed E-state index contributed by atoms with van der Waals surface area (Å²) in [5.41, 5.74) is 16.0. The van der Waals surface area contributed by atoms with Crippen LogP contribution in [0.5, 0.6) is 0 Å². The zero-order valence-electron chi connectivity index (χ0n) is 16.4. The zero-order valence-corrected chi connectivity index (χ0v) is 16.4. The van der Waals surface area contributed by atoms with Crippen molar-refractivity contribution in [2.45, 2.75) is 31.5 Å². The molecule has 0 bridgehead atoms. The van der Waals surface area contributed by atoms with Crippen LogP contribution in [-0.2, 0) is 4.74 Å². The van der Waals surface area contributed by atoms with Gasteiger partial charge in [0, 0.05) is 49.7 Å². The smallest absolute Gasteiger partial charge is 0.129 e. The third-order valence-electron chi connectivity index (χ3n) is 5.27. The van der Waals surface area contributed by atoms with Gasteiger partial charge in [-0.2, -0.15) is 0 Å². The lowest BCUT2D eigenvalue weighted by Crippen LogP contribution is -2.44. The number of allylic oxidation sites excluding steroid dienone is 1. The number of aromatic nitrogens is 1. The minimum absolute atomic E-state index is 0.205. The molecule has 2 aliphatic heterocycles. The van der Waals surface area contributed by atoms with Crippen LogP contribution in [0, 0.1) is 10.8 Å². The van der Waals surface area contributed by atoms with Crippen LogP contribution in [0.2, 0.25) is 0 Å². The second kappa shape index (κ2) is 8.53. The largest absolute Gasteiger partial charge is 0.400 e. The highest BCUT2D eigenvalue weighted by molar-refractivity contribution is 5.71. The molecule has 150 valence electrons. The van der Waals surface area contributed by atoms with Crippen molar-refractivity contribution in [3.05, 3.63) is 40.9 Å². The molecule has 8 nitrogen and oxygen atoms in total. The molecular weight excluding hydrogens is 354 g/mol. The number of nitrogens with zero attached hydrogens (tertiary/aromatic N) is 3. The lowest BCUT2D eigenvalue weighted by atomic mass is 9.91. The van der Waals surface area contributed by atoms with E-state index in [1.165, 1.54) is 12.4 Å². The van der Waals surface area contributed by atoms with Crippen molar-refractivity contribution < 1.29 is 4.74 Å². The summed E-state index contributed by atoms with van der Waals surface area (Å²) in [5.74, 6) is 0.848. The van der Waals surface area contributed by atoms with Gasteiger partial charge < -0.3 is 36.8 Å². The number of ether oxygens (including phenoxy) is 1. The maximum atomic E-state index is 7.47. The minimum Gasteiger partial charge on any atom is -0.400 e. The standard InChI is InChI=1S/C20H29N7O/c1-13-12-28-10-9-27(13)18-11-15(16(23)3-6-21)14-5-8-26(2)20(19(14)25-18)17(24)4-7-22/h4-8,11,13,16,20-22H,3,9-10,12,23-24H2,1-2H3/b17-4-,21-6?,22-7?. The molecule has 0 amide bonds. The Bertz CT molecular complexity index is 804. The topological polar surface area (TPSA) is 128 Å². The third kappa shape index (κ3) is 3.79. The van der Waals surface area contributed by atoms with Crippen molar-refractivity contribution in [3.8, 4) is 0 Å². The van der Waals surface area contributed by atoms with Crippen LogP contribution in [-0.4, -0.2) is 55.2 Å². The Labute approximate surface area is 165 Å². The van der Waals surface area contributed by atoms with E-state index < -0.39 is 0 Å². The Kier molecular flexibility index (Phi) is 6.11. The first-order valence-corrected chi connectivity index (χ1v) is 9.48. The van der Waals surface area contributed by atoms with Crippen molar-refractivity contribution in [1.82, 2.24) is 9.88 Å². The Balaban J connectivity index is 2.18. The Morgan fingerprint density at radius 2 is 2.25 bits per heavy atom.